The summed E-state index contributed by atoms with van der Waals surface area (Å²) >= 11 is 0. The standard InChI is InChI=1S/C4H3N2O2/c5-1-2(6)4(8)3(1)7/h5H,6H2. The Morgan fingerprint density at radius 3 is 1.88 bits per heavy atom. The van der Waals surface area contributed by atoms with Gasteiger partial charge in [0.2, 0.25) is 0 Å². The van der Waals surface area contributed by atoms with Gasteiger partial charge in [-0.25, -0.2) is 0 Å². The van der Waals surface area contributed by atoms with Crippen molar-refractivity contribution in [2.75, 3.05) is 5.73 Å². The maximum atomic E-state index is 10.1. The zero-order valence-electron chi connectivity index (χ0n) is 3.89. The van der Waals surface area contributed by atoms with Gasteiger partial charge in [-0.2, -0.15) is 0 Å². The van der Waals surface area contributed by atoms with Gasteiger partial charge in [0.1, 0.15) is 11.4 Å². The second-order valence-electron chi connectivity index (χ2n) is 1.45. The third-order valence-electron chi connectivity index (χ3n) is 0.947. The molecule has 0 fully saturated rings. The molecule has 0 aliphatic heterocycles. The van der Waals surface area contributed by atoms with Crippen LogP contribution in [0.4, 0.5) is 11.4 Å². The number of hydrogen-bond donors (Lipinski definition) is 1. The van der Waals surface area contributed by atoms with Crippen LogP contribution in [0.3, 0.4) is 0 Å². The highest BCUT2D eigenvalue weighted by Gasteiger charge is 2.13. The van der Waals surface area contributed by atoms with Crippen LogP contribution in [0.2, 0.25) is 0 Å². The van der Waals surface area contributed by atoms with E-state index in [4.69, 9.17) is 11.5 Å². The quantitative estimate of drug-likeness (QED) is 0.426. The first-order valence-corrected chi connectivity index (χ1v) is 1.95. The highest BCUT2D eigenvalue weighted by atomic mass is 16.2. The van der Waals surface area contributed by atoms with E-state index in [9.17, 15) is 9.59 Å². The van der Waals surface area contributed by atoms with Crippen molar-refractivity contribution in [3.8, 4) is 0 Å². The molecule has 0 aromatic heterocycles. The summed E-state index contributed by atoms with van der Waals surface area (Å²) in [5.74, 6) is 0. The Kier molecular flexibility index (Phi) is 0.658. The molecular weight excluding hydrogens is 108 g/mol. The third-order valence-corrected chi connectivity index (χ3v) is 0.947. The van der Waals surface area contributed by atoms with Crippen molar-refractivity contribution in [2.24, 2.45) is 0 Å². The molecule has 1 aromatic rings. The number of hydrogen-bond acceptors (Lipinski definition) is 3. The van der Waals surface area contributed by atoms with Crippen LogP contribution in [0.5, 0.6) is 0 Å². The Hall–Kier alpha value is -1.32. The van der Waals surface area contributed by atoms with E-state index < -0.39 is 10.9 Å². The first kappa shape index (κ1) is 4.83. The maximum Gasteiger partial charge on any atom is 0.255 e. The van der Waals surface area contributed by atoms with E-state index in [1.807, 2.05) is 0 Å². The van der Waals surface area contributed by atoms with Gasteiger partial charge >= 0.3 is 0 Å². The van der Waals surface area contributed by atoms with E-state index in [0.29, 0.717) is 0 Å². The van der Waals surface area contributed by atoms with E-state index >= 15 is 0 Å². The zero-order chi connectivity index (χ0) is 6.31. The average Bonchev–Trinajstić information content (AvgIpc) is 1.83. The molecule has 0 atom stereocenters. The van der Waals surface area contributed by atoms with Gasteiger partial charge in [0.15, 0.2) is 0 Å². The maximum absolute atomic E-state index is 10.1. The monoisotopic (exact) mass is 111 g/mol. The lowest BCUT2D eigenvalue weighted by atomic mass is 10.2. The van der Waals surface area contributed by atoms with Crippen LogP contribution in [0.15, 0.2) is 9.59 Å². The van der Waals surface area contributed by atoms with Crippen molar-refractivity contribution >= 4 is 11.4 Å². The lowest BCUT2D eigenvalue weighted by Gasteiger charge is -1.94. The number of rotatable bonds is 0. The molecule has 0 unspecified atom stereocenters. The summed E-state index contributed by atoms with van der Waals surface area (Å²) in [7, 11) is 0. The van der Waals surface area contributed by atoms with Crippen molar-refractivity contribution in [3.05, 3.63) is 20.4 Å². The first-order valence-electron chi connectivity index (χ1n) is 1.95. The van der Waals surface area contributed by atoms with Gasteiger partial charge in [0.05, 0.1) is 0 Å². The predicted molar refractivity (Wildman–Crippen MR) is 28.5 cm³/mol. The Morgan fingerprint density at radius 1 is 1.25 bits per heavy atom. The third kappa shape index (κ3) is 0.294. The molecule has 0 amide bonds. The molecule has 41 valence electrons. The molecule has 4 heteroatoms. The summed E-state index contributed by atoms with van der Waals surface area (Å²) in [5, 5.41) is 0. The number of nitrogens with two attached hydrogens (primary N) is 1. The van der Waals surface area contributed by atoms with Crippen molar-refractivity contribution in [1.82, 2.24) is 5.73 Å². The van der Waals surface area contributed by atoms with Gasteiger partial charge in [-0.15, -0.1) is 0 Å². The number of nitrogens with one attached hydrogen (secondary N) is 1. The fourth-order valence-electron chi connectivity index (χ4n) is 0.409. The summed E-state index contributed by atoms with van der Waals surface area (Å²) in [6, 6.07) is 0. The van der Waals surface area contributed by atoms with Gasteiger partial charge in [-0.1, -0.05) is 0 Å². The molecule has 0 aliphatic rings. The summed E-state index contributed by atoms with van der Waals surface area (Å²) in [6.07, 6.45) is 0. The average molecular weight is 111 g/mol. The molecule has 1 radical (unpaired) electrons. The van der Waals surface area contributed by atoms with Gasteiger partial charge in [0.25, 0.3) is 10.9 Å². The summed E-state index contributed by atoms with van der Waals surface area (Å²) < 4.78 is 0. The number of anilines is 1. The van der Waals surface area contributed by atoms with E-state index in [0.717, 1.165) is 0 Å². The van der Waals surface area contributed by atoms with Crippen LogP contribution in [0.25, 0.3) is 0 Å². The minimum Gasteiger partial charge on any atom is -0.394 e. The van der Waals surface area contributed by atoms with Crippen LogP contribution in [-0.2, 0) is 0 Å². The molecule has 1 rings (SSSR count). The lowest BCUT2D eigenvalue weighted by Crippen LogP contribution is -2.34. The van der Waals surface area contributed by atoms with E-state index in [-0.39, 0.29) is 11.4 Å². The molecule has 0 bridgehead atoms. The molecule has 0 spiro atoms. The number of nitrogen functional groups attached to an aromatic ring is 1. The minimum atomic E-state index is -0.775. The second kappa shape index (κ2) is 1.09. The molecule has 4 nitrogen and oxygen atoms in total. The molecule has 3 N–H and O–H groups in total. The molecule has 0 saturated carbocycles. The Labute approximate surface area is 44.4 Å². The van der Waals surface area contributed by atoms with Crippen LogP contribution >= 0.6 is 0 Å². The van der Waals surface area contributed by atoms with Crippen LogP contribution in [0, 0.1) is 0 Å². The molecule has 0 saturated heterocycles. The topological polar surface area (TPSA) is 84.0 Å². The Balaban J connectivity index is 3.48. The predicted octanol–water partition coefficient (Wildman–Crippen LogP) is -1.22. The molecule has 0 aliphatic carbocycles. The summed E-state index contributed by atoms with van der Waals surface area (Å²) in [4.78, 5) is 20.2. The van der Waals surface area contributed by atoms with Gasteiger partial charge in [0, 0.05) is 0 Å². The van der Waals surface area contributed by atoms with Crippen LogP contribution < -0.4 is 22.3 Å². The fourth-order valence-corrected chi connectivity index (χ4v) is 0.409. The van der Waals surface area contributed by atoms with E-state index in [2.05, 4.69) is 0 Å². The lowest BCUT2D eigenvalue weighted by molar-refractivity contribution is 1.33. The highest BCUT2D eigenvalue weighted by molar-refractivity contribution is 5.65. The van der Waals surface area contributed by atoms with Crippen molar-refractivity contribution in [3.63, 3.8) is 0 Å². The zero-order valence-corrected chi connectivity index (χ0v) is 3.89. The van der Waals surface area contributed by atoms with Gasteiger partial charge in [-0.05, 0) is 0 Å². The van der Waals surface area contributed by atoms with Crippen molar-refractivity contribution in [1.29, 1.82) is 0 Å². The first-order chi connectivity index (χ1) is 3.64. The molecule has 8 heavy (non-hydrogen) atoms. The Bertz CT molecular complexity index is 252. The largest absolute Gasteiger partial charge is 0.394 e. The van der Waals surface area contributed by atoms with Crippen molar-refractivity contribution in [2.45, 2.75) is 0 Å². The van der Waals surface area contributed by atoms with Crippen molar-refractivity contribution < 1.29 is 0 Å². The Morgan fingerprint density at radius 2 is 1.75 bits per heavy atom. The fraction of sp³-hybridized carbons (Fsp3) is 0. The SMILES string of the molecule is [NH]c1c(N)c(=O)c1=O. The van der Waals surface area contributed by atoms with Gasteiger partial charge in [-0.3, -0.25) is 15.3 Å². The minimum absolute atomic E-state index is 0.213. The summed E-state index contributed by atoms with van der Waals surface area (Å²) in [6.45, 7) is 0. The van der Waals surface area contributed by atoms with Crippen LogP contribution in [0.1, 0.15) is 0 Å². The second-order valence-corrected chi connectivity index (χ2v) is 1.45. The van der Waals surface area contributed by atoms with Crippen LogP contribution in [-0.4, -0.2) is 0 Å². The van der Waals surface area contributed by atoms with E-state index in [1.54, 1.807) is 0 Å². The van der Waals surface area contributed by atoms with Gasteiger partial charge < -0.3 is 5.73 Å². The molecular formula is C4H3N2O2. The normalized spacial score (nSPS) is 10.0. The van der Waals surface area contributed by atoms with E-state index in [1.165, 1.54) is 0 Å². The molecule has 1 aromatic carbocycles. The highest BCUT2D eigenvalue weighted by Crippen LogP contribution is 2.03. The smallest absolute Gasteiger partial charge is 0.255 e. The summed E-state index contributed by atoms with van der Waals surface area (Å²) in [5.41, 5.74) is 9.45. The molecule has 0 heterocycles.